The Morgan fingerprint density at radius 1 is 1.11 bits per heavy atom. The van der Waals surface area contributed by atoms with E-state index in [4.69, 9.17) is 4.74 Å². The SMILES string of the molecule is CCOc1cccc(CNc2nc(C)cc(C)n2)c1. The number of aryl methyl sites for hydroxylation is 2. The van der Waals surface area contributed by atoms with E-state index in [1.54, 1.807) is 0 Å². The molecule has 2 rings (SSSR count). The normalized spacial score (nSPS) is 10.3. The zero-order valence-electron chi connectivity index (χ0n) is 11.6. The van der Waals surface area contributed by atoms with Crippen molar-refractivity contribution in [2.24, 2.45) is 0 Å². The van der Waals surface area contributed by atoms with Crippen LogP contribution < -0.4 is 10.1 Å². The van der Waals surface area contributed by atoms with Crippen LogP contribution in [0.2, 0.25) is 0 Å². The highest BCUT2D eigenvalue weighted by Crippen LogP contribution is 2.14. The maximum atomic E-state index is 5.48. The van der Waals surface area contributed by atoms with Crippen LogP contribution in [0, 0.1) is 13.8 Å². The highest BCUT2D eigenvalue weighted by molar-refractivity contribution is 5.33. The largest absolute Gasteiger partial charge is 0.494 e. The van der Waals surface area contributed by atoms with E-state index in [9.17, 15) is 0 Å². The van der Waals surface area contributed by atoms with Crippen LogP contribution in [0.1, 0.15) is 23.9 Å². The van der Waals surface area contributed by atoms with Gasteiger partial charge in [0.1, 0.15) is 5.75 Å². The van der Waals surface area contributed by atoms with Gasteiger partial charge >= 0.3 is 0 Å². The zero-order valence-corrected chi connectivity index (χ0v) is 11.6. The summed E-state index contributed by atoms with van der Waals surface area (Å²) in [7, 11) is 0. The molecule has 0 atom stereocenters. The van der Waals surface area contributed by atoms with E-state index in [-0.39, 0.29) is 0 Å². The molecule has 1 aromatic heterocycles. The Bertz CT molecular complexity index is 535. The van der Waals surface area contributed by atoms with Crippen LogP contribution >= 0.6 is 0 Å². The summed E-state index contributed by atoms with van der Waals surface area (Å²) in [6, 6.07) is 9.99. The smallest absolute Gasteiger partial charge is 0.223 e. The monoisotopic (exact) mass is 257 g/mol. The van der Waals surface area contributed by atoms with Gasteiger partial charge in [-0.2, -0.15) is 0 Å². The van der Waals surface area contributed by atoms with Crippen molar-refractivity contribution in [3.8, 4) is 5.75 Å². The third-order valence-corrected chi connectivity index (χ3v) is 2.64. The molecule has 0 aliphatic heterocycles. The minimum Gasteiger partial charge on any atom is -0.494 e. The quantitative estimate of drug-likeness (QED) is 0.894. The summed E-state index contributed by atoms with van der Waals surface area (Å²) in [5.74, 6) is 1.56. The van der Waals surface area contributed by atoms with Crippen LogP contribution in [0.15, 0.2) is 30.3 Å². The average Bonchev–Trinajstić information content (AvgIpc) is 2.36. The molecule has 0 spiro atoms. The van der Waals surface area contributed by atoms with Crippen LogP contribution in [-0.2, 0) is 6.54 Å². The van der Waals surface area contributed by atoms with Gasteiger partial charge in [0.05, 0.1) is 6.61 Å². The lowest BCUT2D eigenvalue weighted by Crippen LogP contribution is -2.05. The zero-order chi connectivity index (χ0) is 13.7. The predicted octanol–water partition coefficient (Wildman–Crippen LogP) is 3.10. The molecule has 0 amide bonds. The Balaban J connectivity index is 2.03. The van der Waals surface area contributed by atoms with Crippen molar-refractivity contribution in [3.63, 3.8) is 0 Å². The molecule has 0 radical (unpaired) electrons. The number of ether oxygens (including phenoxy) is 1. The van der Waals surface area contributed by atoms with Crippen molar-refractivity contribution in [2.75, 3.05) is 11.9 Å². The molecule has 0 unspecified atom stereocenters. The van der Waals surface area contributed by atoms with Gasteiger partial charge in [0.2, 0.25) is 5.95 Å². The fourth-order valence-electron chi connectivity index (χ4n) is 1.90. The van der Waals surface area contributed by atoms with Crippen molar-refractivity contribution in [1.82, 2.24) is 9.97 Å². The lowest BCUT2D eigenvalue weighted by Gasteiger charge is -2.08. The Labute approximate surface area is 113 Å². The number of benzene rings is 1. The summed E-state index contributed by atoms with van der Waals surface area (Å²) < 4.78 is 5.48. The molecule has 1 aromatic carbocycles. The van der Waals surface area contributed by atoms with Gasteiger partial charge < -0.3 is 10.1 Å². The maximum absolute atomic E-state index is 5.48. The first kappa shape index (κ1) is 13.3. The van der Waals surface area contributed by atoms with Gasteiger partial charge in [-0.05, 0) is 44.5 Å². The maximum Gasteiger partial charge on any atom is 0.223 e. The van der Waals surface area contributed by atoms with Crippen LogP contribution in [0.25, 0.3) is 0 Å². The molecule has 1 N–H and O–H groups in total. The first-order valence-corrected chi connectivity index (χ1v) is 6.45. The predicted molar refractivity (Wildman–Crippen MR) is 76.4 cm³/mol. The fourth-order valence-corrected chi connectivity index (χ4v) is 1.90. The second-order valence-electron chi connectivity index (χ2n) is 4.41. The van der Waals surface area contributed by atoms with Crippen molar-refractivity contribution in [2.45, 2.75) is 27.3 Å². The summed E-state index contributed by atoms with van der Waals surface area (Å²) in [6.07, 6.45) is 0. The number of hydrogen-bond acceptors (Lipinski definition) is 4. The number of hydrogen-bond donors (Lipinski definition) is 1. The molecule has 0 saturated carbocycles. The summed E-state index contributed by atoms with van der Waals surface area (Å²) in [5.41, 5.74) is 3.09. The first-order chi connectivity index (χ1) is 9.17. The summed E-state index contributed by atoms with van der Waals surface area (Å²) in [4.78, 5) is 8.71. The minimum absolute atomic E-state index is 0.666. The highest BCUT2D eigenvalue weighted by atomic mass is 16.5. The van der Waals surface area contributed by atoms with Crippen LogP contribution in [0.3, 0.4) is 0 Å². The Hall–Kier alpha value is -2.10. The van der Waals surface area contributed by atoms with E-state index in [1.807, 2.05) is 45.0 Å². The topological polar surface area (TPSA) is 47.0 Å². The van der Waals surface area contributed by atoms with E-state index < -0.39 is 0 Å². The standard InChI is InChI=1S/C15H19N3O/c1-4-19-14-7-5-6-13(9-14)10-16-15-17-11(2)8-12(3)18-15/h5-9H,4,10H2,1-3H3,(H,16,17,18). The molecule has 0 aliphatic carbocycles. The molecule has 100 valence electrons. The lowest BCUT2D eigenvalue weighted by atomic mass is 10.2. The van der Waals surface area contributed by atoms with E-state index in [0.717, 1.165) is 22.7 Å². The van der Waals surface area contributed by atoms with E-state index in [0.29, 0.717) is 19.1 Å². The van der Waals surface area contributed by atoms with Crippen molar-refractivity contribution < 1.29 is 4.74 Å². The fraction of sp³-hybridized carbons (Fsp3) is 0.333. The van der Waals surface area contributed by atoms with Gasteiger partial charge in [-0.25, -0.2) is 9.97 Å². The second-order valence-corrected chi connectivity index (χ2v) is 4.41. The molecule has 19 heavy (non-hydrogen) atoms. The third-order valence-electron chi connectivity index (χ3n) is 2.64. The van der Waals surface area contributed by atoms with E-state index in [1.165, 1.54) is 0 Å². The molecule has 0 fully saturated rings. The first-order valence-electron chi connectivity index (χ1n) is 6.45. The molecular weight excluding hydrogens is 238 g/mol. The van der Waals surface area contributed by atoms with Crippen LogP contribution in [0.5, 0.6) is 5.75 Å². The third kappa shape index (κ3) is 3.95. The Morgan fingerprint density at radius 3 is 2.53 bits per heavy atom. The minimum atomic E-state index is 0.666. The number of rotatable bonds is 5. The molecule has 2 aromatic rings. The molecular formula is C15H19N3O. The van der Waals surface area contributed by atoms with Gasteiger partial charge in [0.25, 0.3) is 0 Å². The Kier molecular flexibility index (Phi) is 4.34. The lowest BCUT2D eigenvalue weighted by molar-refractivity contribution is 0.340. The number of aromatic nitrogens is 2. The number of nitrogens with one attached hydrogen (secondary N) is 1. The summed E-state index contributed by atoms with van der Waals surface area (Å²) in [6.45, 7) is 7.28. The van der Waals surface area contributed by atoms with Gasteiger partial charge in [0, 0.05) is 17.9 Å². The van der Waals surface area contributed by atoms with Crippen LogP contribution in [0.4, 0.5) is 5.95 Å². The molecule has 0 aliphatic rings. The van der Waals surface area contributed by atoms with Crippen LogP contribution in [-0.4, -0.2) is 16.6 Å². The molecule has 4 nitrogen and oxygen atoms in total. The molecule has 0 bridgehead atoms. The Morgan fingerprint density at radius 2 is 1.84 bits per heavy atom. The van der Waals surface area contributed by atoms with Gasteiger partial charge in [-0.3, -0.25) is 0 Å². The van der Waals surface area contributed by atoms with Crippen molar-refractivity contribution in [3.05, 3.63) is 47.3 Å². The summed E-state index contributed by atoms with van der Waals surface area (Å²) >= 11 is 0. The van der Waals surface area contributed by atoms with E-state index >= 15 is 0 Å². The van der Waals surface area contributed by atoms with Gasteiger partial charge in [-0.15, -0.1) is 0 Å². The molecule has 1 heterocycles. The van der Waals surface area contributed by atoms with Crippen molar-refractivity contribution in [1.29, 1.82) is 0 Å². The van der Waals surface area contributed by atoms with Gasteiger partial charge in [0.15, 0.2) is 0 Å². The number of nitrogens with zero attached hydrogens (tertiary/aromatic N) is 2. The highest BCUT2D eigenvalue weighted by Gasteiger charge is 2.00. The number of anilines is 1. The molecule has 4 heteroatoms. The van der Waals surface area contributed by atoms with Gasteiger partial charge in [-0.1, -0.05) is 12.1 Å². The average molecular weight is 257 g/mol. The summed E-state index contributed by atoms with van der Waals surface area (Å²) in [5, 5.41) is 3.23. The van der Waals surface area contributed by atoms with Crippen molar-refractivity contribution >= 4 is 5.95 Å². The molecule has 0 saturated heterocycles. The van der Waals surface area contributed by atoms with E-state index in [2.05, 4.69) is 21.4 Å². The second kappa shape index (κ2) is 6.18.